The van der Waals surface area contributed by atoms with Gasteiger partial charge in [-0.3, -0.25) is 0 Å². The van der Waals surface area contributed by atoms with E-state index in [0.29, 0.717) is 5.92 Å². The Labute approximate surface area is 124 Å². The molecule has 2 aromatic rings. The zero-order chi connectivity index (χ0) is 14.5. The van der Waals surface area contributed by atoms with Crippen molar-refractivity contribution in [2.75, 3.05) is 6.54 Å². The first-order chi connectivity index (χ1) is 9.56. The molecule has 1 N–H and O–H groups in total. The maximum Gasteiger partial charge on any atom is 0.213 e. The fraction of sp³-hybridized carbons (Fsp3) is 0.500. The van der Waals surface area contributed by atoms with Crippen LogP contribution in [-0.4, -0.2) is 26.8 Å². The second kappa shape index (κ2) is 6.85. The quantitative estimate of drug-likeness (QED) is 0.886. The van der Waals surface area contributed by atoms with Crippen LogP contribution < -0.4 is 5.32 Å². The number of aryl methyl sites for hydroxylation is 2. The third-order valence-corrected chi connectivity index (χ3v) is 4.11. The molecule has 0 saturated heterocycles. The lowest BCUT2D eigenvalue weighted by Crippen LogP contribution is -2.18. The van der Waals surface area contributed by atoms with E-state index < -0.39 is 0 Å². The Kier molecular flexibility index (Phi) is 5.14. The van der Waals surface area contributed by atoms with E-state index in [9.17, 15) is 0 Å². The molecule has 0 bridgehead atoms. The zero-order valence-electron chi connectivity index (χ0n) is 12.4. The molecule has 1 heterocycles. The van der Waals surface area contributed by atoms with E-state index in [0.717, 1.165) is 18.2 Å². The molecular weight excluding hydrogens is 270 g/mol. The molecule has 0 aliphatic heterocycles. The van der Waals surface area contributed by atoms with Crippen LogP contribution in [0.5, 0.6) is 0 Å². The summed E-state index contributed by atoms with van der Waals surface area (Å²) in [5.41, 5.74) is 2.56. The minimum atomic E-state index is 0.675. The van der Waals surface area contributed by atoms with Crippen LogP contribution in [0.4, 0.5) is 0 Å². The highest BCUT2D eigenvalue weighted by Gasteiger charge is 2.07. The van der Waals surface area contributed by atoms with Gasteiger partial charge in [-0.25, -0.2) is 4.68 Å². The Morgan fingerprint density at radius 3 is 2.75 bits per heavy atom. The van der Waals surface area contributed by atoms with Crippen molar-refractivity contribution in [3.05, 3.63) is 29.3 Å². The lowest BCUT2D eigenvalue weighted by atomic mass is 10.1. The van der Waals surface area contributed by atoms with Crippen LogP contribution >= 0.6 is 11.8 Å². The summed E-state index contributed by atoms with van der Waals surface area (Å²) in [4.78, 5) is 1.19. The molecule has 108 valence electrons. The number of hydrogen-bond acceptors (Lipinski definition) is 5. The van der Waals surface area contributed by atoms with E-state index in [1.54, 1.807) is 16.4 Å². The minimum Gasteiger partial charge on any atom is -0.312 e. The maximum absolute atomic E-state index is 4.00. The number of tetrazole rings is 1. The van der Waals surface area contributed by atoms with Gasteiger partial charge in [-0.1, -0.05) is 26.0 Å². The second-order valence-corrected chi connectivity index (χ2v) is 6.32. The molecule has 1 aromatic heterocycles. The fourth-order valence-electron chi connectivity index (χ4n) is 1.85. The molecule has 0 saturated carbocycles. The normalized spacial score (nSPS) is 11.2. The summed E-state index contributed by atoms with van der Waals surface area (Å²) in [7, 11) is 1.85. The molecule has 5 nitrogen and oxygen atoms in total. The molecule has 0 aliphatic rings. The summed E-state index contributed by atoms with van der Waals surface area (Å²) in [5, 5.41) is 15.8. The Hall–Kier alpha value is -1.40. The van der Waals surface area contributed by atoms with Crippen molar-refractivity contribution in [2.24, 2.45) is 13.0 Å². The van der Waals surface area contributed by atoms with Crippen molar-refractivity contribution in [3.8, 4) is 0 Å². The molecule has 2 rings (SSSR count). The summed E-state index contributed by atoms with van der Waals surface area (Å²) in [6.45, 7) is 8.51. The van der Waals surface area contributed by atoms with Crippen LogP contribution in [0.25, 0.3) is 0 Å². The number of hydrogen-bond donors (Lipinski definition) is 1. The van der Waals surface area contributed by atoms with Crippen molar-refractivity contribution >= 4 is 11.8 Å². The zero-order valence-corrected chi connectivity index (χ0v) is 13.2. The van der Waals surface area contributed by atoms with Gasteiger partial charge in [-0.15, -0.1) is 5.10 Å². The highest BCUT2D eigenvalue weighted by atomic mass is 32.2. The monoisotopic (exact) mass is 291 g/mol. The molecule has 6 heteroatoms. The lowest BCUT2D eigenvalue weighted by molar-refractivity contribution is 0.552. The van der Waals surface area contributed by atoms with Crippen molar-refractivity contribution < 1.29 is 0 Å². The SMILES string of the molecule is Cc1cc(CNCC(C)C)ccc1Sc1nnnn1C. The van der Waals surface area contributed by atoms with Gasteiger partial charge < -0.3 is 5.32 Å². The third kappa shape index (κ3) is 4.05. The van der Waals surface area contributed by atoms with Gasteiger partial charge in [-0.05, 0) is 58.8 Å². The van der Waals surface area contributed by atoms with Crippen molar-refractivity contribution in [1.82, 2.24) is 25.5 Å². The van der Waals surface area contributed by atoms with Gasteiger partial charge in [-0.2, -0.15) is 0 Å². The summed E-state index contributed by atoms with van der Waals surface area (Å²) in [5.74, 6) is 0.675. The molecule has 0 aliphatic carbocycles. The van der Waals surface area contributed by atoms with Gasteiger partial charge in [0.05, 0.1) is 0 Å². The van der Waals surface area contributed by atoms with Crippen LogP contribution in [-0.2, 0) is 13.6 Å². The third-order valence-electron chi connectivity index (χ3n) is 2.90. The van der Waals surface area contributed by atoms with E-state index >= 15 is 0 Å². The molecule has 0 fully saturated rings. The average molecular weight is 291 g/mol. The van der Waals surface area contributed by atoms with Gasteiger partial charge >= 0.3 is 0 Å². The number of nitrogens with one attached hydrogen (secondary N) is 1. The fourth-order valence-corrected chi connectivity index (χ4v) is 2.65. The molecule has 0 spiro atoms. The Morgan fingerprint density at radius 1 is 1.35 bits per heavy atom. The smallest absolute Gasteiger partial charge is 0.213 e. The lowest BCUT2D eigenvalue weighted by Gasteiger charge is -2.10. The minimum absolute atomic E-state index is 0.675. The molecule has 0 amide bonds. The average Bonchev–Trinajstić information content (AvgIpc) is 2.78. The van der Waals surface area contributed by atoms with Crippen LogP contribution in [0.2, 0.25) is 0 Å². The first-order valence-electron chi connectivity index (χ1n) is 6.76. The highest BCUT2D eigenvalue weighted by molar-refractivity contribution is 7.99. The molecule has 0 atom stereocenters. The summed E-state index contributed by atoms with van der Waals surface area (Å²) in [6, 6.07) is 6.52. The predicted molar refractivity (Wildman–Crippen MR) is 80.6 cm³/mol. The van der Waals surface area contributed by atoms with Gasteiger partial charge in [0.2, 0.25) is 5.16 Å². The number of rotatable bonds is 6. The topological polar surface area (TPSA) is 55.6 Å². The second-order valence-electron chi connectivity index (χ2n) is 5.31. The maximum atomic E-state index is 4.00. The van der Waals surface area contributed by atoms with Crippen LogP contribution in [0.3, 0.4) is 0 Å². The van der Waals surface area contributed by atoms with E-state index in [1.165, 1.54) is 16.0 Å². The Bertz CT molecular complexity index is 564. The number of benzene rings is 1. The van der Waals surface area contributed by atoms with Crippen LogP contribution in [0, 0.1) is 12.8 Å². The summed E-state index contributed by atoms with van der Waals surface area (Å²) in [6.07, 6.45) is 0. The van der Waals surface area contributed by atoms with E-state index in [1.807, 2.05) is 7.05 Å². The van der Waals surface area contributed by atoms with Crippen molar-refractivity contribution in [3.63, 3.8) is 0 Å². The predicted octanol–water partition coefficient (Wildman–Crippen LogP) is 2.42. The first-order valence-corrected chi connectivity index (χ1v) is 7.58. The summed E-state index contributed by atoms with van der Waals surface area (Å²) >= 11 is 1.59. The summed E-state index contributed by atoms with van der Waals surface area (Å²) < 4.78 is 1.68. The van der Waals surface area contributed by atoms with Crippen molar-refractivity contribution in [2.45, 2.75) is 37.4 Å². The van der Waals surface area contributed by atoms with E-state index in [2.05, 4.69) is 59.8 Å². The van der Waals surface area contributed by atoms with Crippen LogP contribution in [0.1, 0.15) is 25.0 Å². The van der Waals surface area contributed by atoms with E-state index in [-0.39, 0.29) is 0 Å². The van der Waals surface area contributed by atoms with Gasteiger partial charge in [0.1, 0.15) is 0 Å². The first kappa shape index (κ1) is 15.0. The van der Waals surface area contributed by atoms with Crippen molar-refractivity contribution in [1.29, 1.82) is 0 Å². The molecular formula is C14H21N5S. The van der Waals surface area contributed by atoms with E-state index in [4.69, 9.17) is 0 Å². The standard InChI is InChI=1S/C14H21N5S/c1-10(2)8-15-9-12-5-6-13(11(3)7-12)20-14-16-17-18-19(14)4/h5-7,10,15H,8-9H2,1-4H3. The Balaban J connectivity index is 2.01. The molecule has 0 unspecified atom stereocenters. The van der Waals surface area contributed by atoms with Gasteiger partial charge in [0.25, 0.3) is 0 Å². The molecule has 20 heavy (non-hydrogen) atoms. The number of nitrogens with zero attached hydrogens (tertiary/aromatic N) is 4. The van der Waals surface area contributed by atoms with Crippen LogP contribution in [0.15, 0.2) is 28.3 Å². The number of aromatic nitrogens is 4. The molecule has 1 aromatic carbocycles. The molecule has 0 radical (unpaired) electrons. The Morgan fingerprint density at radius 2 is 2.15 bits per heavy atom. The highest BCUT2D eigenvalue weighted by Crippen LogP contribution is 2.28. The van der Waals surface area contributed by atoms with Gasteiger partial charge in [0, 0.05) is 18.5 Å². The largest absolute Gasteiger partial charge is 0.312 e. The van der Waals surface area contributed by atoms with Gasteiger partial charge in [0.15, 0.2) is 0 Å².